The molecule has 5 nitrogen and oxygen atoms in total. The van der Waals surface area contributed by atoms with Crippen molar-refractivity contribution in [2.24, 2.45) is 0 Å². The van der Waals surface area contributed by atoms with Crippen LogP contribution in [0.15, 0.2) is 206 Å². The van der Waals surface area contributed by atoms with Gasteiger partial charge < -0.3 is 9.13 Å². The van der Waals surface area contributed by atoms with E-state index in [0.717, 1.165) is 39.9 Å². The van der Waals surface area contributed by atoms with E-state index in [-0.39, 0.29) is 6.04 Å². The quantitative estimate of drug-likeness (QED) is 0.161. The van der Waals surface area contributed by atoms with E-state index in [1.165, 1.54) is 54.4 Å². The maximum Gasteiger partial charge on any atom is 0.164 e. The zero-order valence-corrected chi connectivity index (χ0v) is 33.8. The van der Waals surface area contributed by atoms with Gasteiger partial charge in [0.2, 0.25) is 0 Å². The van der Waals surface area contributed by atoms with Crippen LogP contribution in [-0.2, 0) is 0 Å². The maximum absolute atomic E-state index is 5.05. The van der Waals surface area contributed by atoms with Crippen LogP contribution >= 0.6 is 0 Å². The van der Waals surface area contributed by atoms with Crippen molar-refractivity contribution < 1.29 is 0 Å². The van der Waals surface area contributed by atoms with Gasteiger partial charge in [0.25, 0.3) is 0 Å². The fourth-order valence-electron chi connectivity index (χ4n) is 9.36. The molecule has 0 spiro atoms. The number of rotatable bonds is 7. The van der Waals surface area contributed by atoms with Crippen LogP contribution in [0.25, 0.3) is 107 Å². The van der Waals surface area contributed by atoms with E-state index in [0.29, 0.717) is 17.5 Å². The second kappa shape index (κ2) is 14.8. The first-order chi connectivity index (χ1) is 30.7. The number of hydrogen-bond acceptors (Lipinski definition) is 3. The molecule has 0 N–H and O–H groups in total. The van der Waals surface area contributed by atoms with Gasteiger partial charge in [-0.2, -0.15) is 0 Å². The molecular formula is C57H39N5. The fraction of sp³-hybridized carbons (Fsp3) is 0.0351. The molecule has 3 aromatic heterocycles. The first-order valence-corrected chi connectivity index (χ1v) is 21.2. The van der Waals surface area contributed by atoms with E-state index >= 15 is 0 Å². The molecule has 1 atom stereocenters. The molecule has 3 heterocycles. The van der Waals surface area contributed by atoms with E-state index in [1.807, 2.05) is 60.7 Å². The van der Waals surface area contributed by atoms with Gasteiger partial charge >= 0.3 is 0 Å². The molecular weight excluding hydrogens is 755 g/mol. The van der Waals surface area contributed by atoms with Gasteiger partial charge in [-0.05, 0) is 77.2 Å². The van der Waals surface area contributed by atoms with Crippen molar-refractivity contribution in [1.29, 1.82) is 0 Å². The maximum atomic E-state index is 5.05. The first kappa shape index (κ1) is 35.8. The Morgan fingerprint density at radius 3 is 1.63 bits per heavy atom. The molecule has 8 aromatic carbocycles. The minimum atomic E-state index is 0.0801. The molecule has 0 bridgehead atoms. The molecule has 0 aliphatic heterocycles. The average Bonchev–Trinajstić information content (AvgIpc) is 3.86. The van der Waals surface area contributed by atoms with Gasteiger partial charge in [0.05, 0.1) is 22.4 Å². The highest BCUT2D eigenvalue weighted by molar-refractivity contribution is 6.10. The summed E-state index contributed by atoms with van der Waals surface area (Å²) < 4.78 is 5.00. The predicted octanol–water partition coefficient (Wildman–Crippen LogP) is 12.5. The lowest BCUT2D eigenvalue weighted by molar-refractivity contribution is 0.691. The van der Waals surface area contributed by atoms with Crippen molar-refractivity contribution in [2.75, 3.05) is 0 Å². The summed E-state index contributed by atoms with van der Waals surface area (Å²) in [6.07, 6.45) is 5.82. The molecule has 0 saturated carbocycles. The summed E-state index contributed by atoms with van der Waals surface area (Å²) >= 11 is 0. The summed E-state index contributed by atoms with van der Waals surface area (Å²) in [5.74, 6) is 1.94. The summed E-state index contributed by atoms with van der Waals surface area (Å²) in [4.78, 5) is 15.0. The molecule has 0 amide bonds. The summed E-state index contributed by atoms with van der Waals surface area (Å²) in [6, 6.07) is 73.1. The number of para-hydroxylation sites is 2. The van der Waals surface area contributed by atoms with Crippen molar-refractivity contribution >= 4 is 44.9 Å². The van der Waals surface area contributed by atoms with Crippen molar-refractivity contribution in [3.8, 4) is 62.1 Å². The Morgan fingerprint density at radius 2 is 0.919 bits per heavy atom. The van der Waals surface area contributed by atoms with E-state index in [4.69, 9.17) is 15.0 Å². The van der Waals surface area contributed by atoms with Crippen LogP contribution in [0.2, 0.25) is 0 Å². The van der Waals surface area contributed by atoms with Crippen LogP contribution in [0.4, 0.5) is 0 Å². The Morgan fingerprint density at radius 1 is 0.371 bits per heavy atom. The van der Waals surface area contributed by atoms with Crippen LogP contribution in [0.1, 0.15) is 12.5 Å². The SMILES string of the molecule is C1=c2c(n(-c3ccccc3)c3ccccc23)=CC(n2c3ccc(-c4ccccc4)cc3c3ccc(-c4cccc(-c5nc(-c6ccccc6)nc(-c6ccccc6)n5)c4)cc32)C1. The second-order valence-corrected chi connectivity index (χ2v) is 16.0. The van der Waals surface area contributed by atoms with Gasteiger partial charge in [0.1, 0.15) is 0 Å². The Bertz CT molecular complexity index is 3530. The lowest BCUT2D eigenvalue weighted by Gasteiger charge is -2.20. The molecule has 12 rings (SSSR count). The van der Waals surface area contributed by atoms with Gasteiger partial charge in [-0.15, -0.1) is 0 Å². The summed E-state index contributed by atoms with van der Waals surface area (Å²) in [7, 11) is 0. The molecule has 62 heavy (non-hydrogen) atoms. The van der Waals surface area contributed by atoms with Crippen molar-refractivity contribution in [3.63, 3.8) is 0 Å². The van der Waals surface area contributed by atoms with Crippen molar-refractivity contribution in [1.82, 2.24) is 24.1 Å². The van der Waals surface area contributed by atoms with Crippen LogP contribution in [0.3, 0.4) is 0 Å². The molecule has 292 valence electrons. The lowest BCUT2D eigenvalue weighted by atomic mass is 10.00. The third kappa shape index (κ3) is 6.13. The van der Waals surface area contributed by atoms with Crippen LogP contribution in [0.5, 0.6) is 0 Å². The minimum absolute atomic E-state index is 0.0801. The van der Waals surface area contributed by atoms with Gasteiger partial charge in [0.15, 0.2) is 17.5 Å². The highest BCUT2D eigenvalue weighted by atomic mass is 15.0. The number of aromatic nitrogens is 5. The zero-order valence-electron chi connectivity index (χ0n) is 33.8. The normalized spacial score (nSPS) is 13.5. The summed E-state index contributed by atoms with van der Waals surface area (Å²) in [6.45, 7) is 0. The fourth-order valence-corrected chi connectivity index (χ4v) is 9.36. The van der Waals surface area contributed by atoms with Gasteiger partial charge in [-0.1, -0.05) is 170 Å². The van der Waals surface area contributed by atoms with E-state index < -0.39 is 0 Å². The molecule has 1 aliphatic carbocycles. The highest BCUT2D eigenvalue weighted by Gasteiger charge is 2.22. The van der Waals surface area contributed by atoms with Crippen molar-refractivity contribution in [2.45, 2.75) is 12.5 Å². The van der Waals surface area contributed by atoms with Crippen molar-refractivity contribution in [3.05, 3.63) is 217 Å². The Labute approximate surface area is 358 Å². The Hall–Kier alpha value is -8.15. The molecule has 0 radical (unpaired) electrons. The van der Waals surface area contributed by atoms with E-state index in [2.05, 4.69) is 167 Å². The zero-order chi connectivity index (χ0) is 41.0. The monoisotopic (exact) mass is 793 g/mol. The van der Waals surface area contributed by atoms with Crippen LogP contribution in [-0.4, -0.2) is 24.1 Å². The molecule has 0 saturated heterocycles. The largest absolute Gasteiger partial charge is 0.333 e. The predicted molar refractivity (Wildman–Crippen MR) is 255 cm³/mol. The molecule has 1 aliphatic rings. The standard InChI is InChI=1S/C57H39N5/c1-5-16-38(17-6-1)42-29-33-52-50(35-42)49-31-28-43(36-53(49)62(52)46-30-32-48-47-26-13-14-27-51(47)61(54(48)37-46)45-24-11-4-12-25-45)41-22-15-23-44(34-41)57-59-55(39-18-7-2-8-19-39)58-56(60-57)40-20-9-3-10-21-40/h1-29,31-37,46H,30H2. The Balaban J connectivity index is 1.04. The number of hydrogen-bond donors (Lipinski definition) is 0. The Kier molecular flexibility index (Phi) is 8.56. The minimum Gasteiger partial charge on any atom is -0.333 e. The third-order valence-electron chi connectivity index (χ3n) is 12.3. The molecule has 5 heteroatoms. The van der Waals surface area contributed by atoms with Gasteiger partial charge in [0, 0.05) is 49.3 Å². The topological polar surface area (TPSA) is 48.5 Å². The summed E-state index contributed by atoms with van der Waals surface area (Å²) in [5, 5.41) is 6.29. The van der Waals surface area contributed by atoms with E-state index in [1.54, 1.807) is 0 Å². The third-order valence-corrected chi connectivity index (χ3v) is 12.3. The lowest BCUT2D eigenvalue weighted by Crippen LogP contribution is -2.33. The number of fused-ring (bicyclic) bond motifs is 6. The van der Waals surface area contributed by atoms with Crippen LogP contribution in [0, 0.1) is 0 Å². The number of benzene rings is 8. The smallest absolute Gasteiger partial charge is 0.164 e. The average molecular weight is 794 g/mol. The van der Waals surface area contributed by atoms with E-state index in [9.17, 15) is 0 Å². The number of nitrogens with zero attached hydrogens (tertiary/aromatic N) is 5. The molecule has 11 aromatic rings. The van der Waals surface area contributed by atoms with Gasteiger partial charge in [-0.3, -0.25) is 0 Å². The molecule has 0 fully saturated rings. The second-order valence-electron chi connectivity index (χ2n) is 16.0. The highest BCUT2D eigenvalue weighted by Crippen LogP contribution is 2.39. The summed E-state index contributed by atoms with van der Waals surface area (Å²) in [5.41, 5.74) is 12.3. The van der Waals surface area contributed by atoms with Crippen LogP contribution < -0.4 is 10.6 Å². The van der Waals surface area contributed by atoms with Gasteiger partial charge in [-0.25, -0.2) is 15.0 Å². The first-order valence-electron chi connectivity index (χ1n) is 21.2. The molecule has 1 unspecified atom stereocenters.